The van der Waals surface area contributed by atoms with Crippen LogP contribution >= 0.6 is 11.6 Å². The minimum Gasteiger partial charge on any atom is -0.507 e. The molecule has 0 aliphatic heterocycles. The van der Waals surface area contributed by atoms with Gasteiger partial charge in [0.15, 0.2) is 0 Å². The highest BCUT2D eigenvalue weighted by atomic mass is 35.5. The molecule has 27 heavy (non-hydrogen) atoms. The maximum Gasteiger partial charge on any atom is 0.259 e. The molecule has 0 spiro atoms. The largest absolute Gasteiger partial charge is 0.507 e. The highest BCUT2D eigenvalue weighted by Crippen LogP contribution is 2.25. The molecule has 3 aromatic rings. The van der Waals surface area contributed by atoms with E-state index in [-0.39, 0.29) is 17.9 Å². The Morgan fingerprint density at radius 1 is 1.04 bits per heavy atom. The van der Waals surface area contributed by atoms with Gasteiger partial charge < -0.3 is 10.4 Å². The normalized spacial score (nSPS) is 10.9. The second-order valence-corrected chi connectivity index (χ2v) is 6.08. The van der Waals surface area contributed by atoms with Gasteiger partial charge in [-0.05, 0) is 29.0 Å². The molecule has 0 aliphatic rings. The van der Waals surface area contributed by atoms with Crippen LogP contribution in [0.3, 0.4) is 0 Å². The Labute approximate surface area is 160 Å². The third-order valence-electron chi connectivity index (χ3n) is 3.86. The van der Waals surface area contributed by atoms with Crippen molar-refractivity contribution < 1.29 is 14.7 Å². The number of aromatic hydroxyl groups is 1. The molecule has 3 aromatic carbocycles. The van der Waals surface area contributed by atoms with E-state index in [9.17, 15) is 14.7 Å². The summed E-state index contributed by atoms with van der Waals surface area (Å²) in [6.07, 6.45) is 1.37. The lowest BCUT2D eigenvalue weighted by Gasteiger charge is -2.06. The molecule has 0 atom stereocenters. The summed E-state index contributed by atoms with van der Waals surface area (Å²) < 4.78 is 0. The summed E-state index contributed by atoms with van der Waals surface area (Å²) in [5.74, 6) is -0.906. The van der Waals surface area contributed by atoms with E-state index in [1.807, 2.05) is 24.3 Å². The molecule has 0 saturated carbocycles. The van der Waals surface area contributed by atoms with Crippen LogP contribution in [0.25, 0.3) is 10.8 Å². The van der Waals surface area contributed by atoms with E-state index in [0.717, 1.165) is 10.8 Å². The van der Waals surface area contributed by atoms with Crippen molar-refractivity contribution in [2.24, 2.45) is 5.10 Å². The molecule has 0 bridgehead atoms. The lowest BCUT2D eigenvalue weighted by molar-refractivity contribution is -0.120. The number of hydrazone groups is 1. The van der Waals surface area contributed by atoms with Crippen LogP contribution in [-0.2, 0) is 4.79 Å². The molecule has 136 valence electrons. The van der Waals surface area contributed by atoms with Crippen molar-refractivity contribution in [3.63, 3.8) is 0 Å². The zero-order valence-corrected chi connectivity index (χ0v) is 14.9. The van der Waals surface area contributed by atoms with Crippen molar-refractivity contribution in [3.05, 3.63) is 76.8 Å². The molecule has 0 saturated heterocycles. The van der Waals surface area contributed by atoms with Gasteiger partial charge in [0.1, 0.15) is 5.75 Å². The van der Waals surface area contributed by atoms with Gasteiger partial charge in [-0.2, -0.15) is 5.10 Å². The van der Waals surface area contributed by atoms with Gasteiger partial charge in [0.2, 0.25) is 0 Å². The molecule has 0 heterocycles. The van der Waals surface area contributed by atoms with Crippen LogP contribution in [-0.4, -0.2) is 29.7 Å². The number of hydrogen-bond acceptors (Lipinski definition) is 4. The topological polar surface area (TPSA) is 90.8 Å². The lowest BCUT2D eigenvalue weighted by atomic mass is 10.0. The van der Waals surface area contributed by atoms with Crippen molar-refractivity contribution in [2.75, 3.05) is 6.54 Å². The summed E-state index contributed by atoms with van der Waals surface area (Å²) in [7, 11) is 0. The van der Waals surface area contributed by atoms with Gasteiger partial charge in [0, 0.05) is 5.56 Å². The standard InChI is InChI=1S/C20H16ClN3O3/c21-17-8-4-3-7-15(17)20(27)22-12-19(26)24-23-11-16-14-6-2-1-5-13(14)9-10-18(16)25/h1-11,25H,12H2,(H,22,27)(H,24,26)/b23-11-. The number of phenols is 1. The Balaban J connectivity index is 1.61. The van der Waals surface area contributed by atoms with Crippen LogP contribution in [0.15, 0.2) is 65.8 Å². The molecule has 2 amide bonds. The fourth-order valence-corrected chi connectivity index (χ4v) is 2.75. The van der Waals surface area contributed by atoms with E-state index >= 15 is 0 Å². The average Bonchev–Trinajstić information content (AvgIpc) is 2.68. The van der Waals surface area contributed by atoms with Gasteiger partial charge >= 0.3 is 0 Å². The summed E-state index contributed by atoms with van der Waals surface area (Å²) in [6, 6.07) is 17.4. The smallest absolute Gasteiger partial charge is 0.259 e. The van der Waals surface area contributed by atoms with Gasteiger partial charge in [-0.3, -0.25) is 9.59 Å². The molecule has 0 aromatic heterocycles. The van der Waals surface area contributed by atoms with Crippen molar-refractivity contribution in [2.45, 2.75) is 0 Å². The SMILES string of the molecule is O=C(CNC(=O)c1ccccc1Cl)N/N=C\c1c(O)ccc2ccccc12. The van der Waals surface area contributed by atoms with Gasteiger partial charge in [0.05, 0.1) is 23.3 Å². The van der Waals surface area contributed by atoms with Crippen LogP contribution in [0, 0.1) is 0 Å². The Morgan fingerprint density at radius 2 is 1.78 bits per heavy atom. The van der Waals surface area contributed by atoms with E-state index in [1.54, 1.807) is 36.4 Å². The molecule has 0 fully saturated rings. The summed E-state index contributed by atoms with van der Waals surface area (Å²) in [4.78, 5) is 23.9. The van der Waals surface area contributed by atoms with E-state index in [0.29, 0.717) is 10.6 Å². The molecule has 0 aliphatic carbocycles. The van der Waals surface area contributed by atoms with Crippen LogP contribution < -0.4 is 10.7 Å². The number of rotatable bonds is 5. The number of carbonyl (C=O) groups is 2. The van der Waals surface area contributed by atoms with Gasteiger partial charge in [0.25, 0.3) is 11.8 Å². The Bertz CT molecular complexity index is 1030. The average molecular weight is 382 g/mol. The maximum absolute atomic E-state index is 12.0. The molecule has 3 rings (SSSR count). The molecule has 7 heteroatoms. The first-order valence-electron chi connectivity index (χ1n) is 8.11. The molecule has 3 N–H and O–H groups in total. The number of hydrogen-bond donors (Lipinski definition) is 3. The molecular weight excluding hydrogens is 366 g/mol. The lowest BCUT2D eigenvalue weighted by Crippen LogP contribution is -2.35. The van der Waals surface area contributed by atoms with E-state index in [4.69, 9.17) is 11.6 Å². The summed E-state index contributed by atoms with van der Waals surface area (Å²) in [5, 5.41) is 18.4. The highest BCUT2D eigenvalue weighted by Gasteiger charge is 2.10. The number of nitrogens with one attached hydrogen (secondary N) is 2. The van der Waals surface area contributed by atoms with Crippen LogP contribution in [0.5, 0.6) is 5.75 Å². The predicted octanol–water partition coefficient (Wildman–Crippen LogP) is 3.08. The highest BCUT2D eigenvalue weighted by molar-refractivity contribution is 6.33. The zero-order valence-electron chi connectivity index (χ0n) is 14.1. The number of amides is 2. The second kappa shape index (κ2) is 8.33. The predicted molar refractivity (Wildman–Crippen MR) is 105 cm³/mol. The first kappa shape index (κ1) is 18.4. The van der Waals surface area contributed by atoms with Gasteiger partial charge in [-0.1, -0.05) is 54.1 Å². The Kier molecular flexibility index (Phi) is 5.68. The quantitative estimate of drug-likeness (QED) is 0.468. The van der Waals surface area contributed by atoms with Crippen LogP contribution in [0.4, 0.5) is 0 Å². The first-order valence-corrected chi connectivity index (χ1v) is 8.49. The third kappa shape index (κ3) is 4.43. The monoisotopic (exact) mass is 381 g/mol. The fraction of sp³-hybridized carbons (Fsp3) is 0.0500. The second-order valence-electron chi connectivity index (χ2n) is 5.68. The van der Waals surface area contributed by atoms with E-state index < -0.39 is 11.8 Å². The first-order chi connectivity index (χ1) is 13.1. The third-order valence-corrected chi connectivity index (χ3v) is 4.19. The molecular formula is C20H16ClN3O3. The van der Waals surface area contributed by atoms with Crippen molar-refractivity contribution in [1.82, 2.24) is 10.7 Å². The summed E-state index contributed by atoms with van der Waals surface area (Å²) >= 11 is 5.94. The molecule has 0 radical (unpaired) electrons. The number of carbonyl (C=O) groups excluding carboxylic acids is 2. The molecule has 0 unspecified atom stereocenters. The summed E-state index contributed by atoms with van der Waals surface area (Å²) in [5.41, 5.74) is 3.10. The molecule has 6 nitrogen and oxygen atoms in total. The number of halogens is 1. The number of benzene rings is 3. The number of phenolic OH excluding ortho intramolecular Hbond substituents is 1. The van der Waals surface area contributed by atoms with E-state index in [1.165, 1.54) is 6.21 Å². The minimum absolute atomic E-state index is 0.0544. The van der Waals surface area contributed by atoms with Gasteiger partial charge in [-0.25, -0.2) is 5.43 Å². The Morgan fingerprint density at radius 3 is 2.59 bits per heavy atom. The number of nitrogens with zero attached hydrogens (tertiary/aromatic N) is 1. The maximum atomic E-state index is 12.0. The van der Waals surface area contributed by atoms with Crippen LogP contribution in [0.1, 0.15) is 15.9 Å². The van der Waals surface area contributed by atoms with Gasteiger partial charge in [-0.15, -0.1) is 0 Å². The van der Waals surface area contributed by atoms with E-state index in [2.05, 4.69) is 15.8 Å². The van der Waals surface area contributed by atoms with Crippen molar-refractivity contribution in [1.29, 1.82) is 0 Å². The Hall–Kier alpha value is -3.38. The van der Waals surface area contributed by atoms with Crippen LogP contribution in [0.2, 0.25) is 5.02 Å². The zero-order chi connectivity index (χ0) is 19.2. The fourth-order valence-electron chi connectivity index (χ4n) is 2.53. The minimum atomic E-state index is -0.508. The van der Waals surface area contributed by atoms with Crippen molar-refractivity contribution in [3.8, 4) is 5.75 Å². The number of fused-ring (bicyclic) bond motifs is 1. The van der Waals surface area contributed by atoms with Crippen molar-refractivity contribution >= 4 is 40.4 Å². The summed E-state index contributed by atoms with van der Waals surface area (Å²) in [6.45, 7) is -0.261.